The van der Waals surface area contributed by atoms with E-state index in [1.807, 2.05) is 12.4 Å². The van der Waals surface area contributed by atoms with Gasteiger partial charge in [-0.15, -0.1) is 0 Å². The Labute approximate surface area is 164 Å². The molecule has 28 heavy (non-hydrogen) atoms. The molecular formula is C23H21N5. The highest BCUT2D eigenvalue weighted by atomic mass is 15.5. The summed E-state index contributed by atoms with van der Waals surface area (Å²) in [4.78, 5) is 18.5. The van der Waals surface area contributed by atoms with Gasteiger partial charge in [0.1, 0.15) is 6.17 Å². The molecule has 4 heterocycles. The van der Waals surface area contributed by atoms with Crippen LogP contribution in [0.4, 0.5) is 23.0 Å². The lowest BCUT2D eigenvalue weighted by atomic mass is 9.61. The Morgan fingerprint density at radius 1 is 0.893 bits per heavy atom. The maximum Gasteiger partial charge on any atom is 0.178 e. The van der Waals surface area contributed by atoms with Gasteiger partial charge in [0, 0.05) is 41.6 Å². The summed E-state index contributed by atoms with van der Waals surface area (Å²) in [6.45, 7) is 4.72. The van der Waals surface area contributed by atoms with Gasteiger partial charge in [-0.25, -0.2) is 9.97 Å². The number of rotatable bonds is 1. The van der Waals surface area contributed by atoms with Crippen LogP contribution in [0.5, 0.6) is 0 Å². The summed E-state index contributed by atoms with van der Waals surface area (Å²) in [6.07, 6.45) is 12.1. The Kier molecular flexibility index (Phi) is 3.05. The third-order valence-corrected chi connectivity index (χ3v) is 6.71. The molecule has 6 rings (SSSR count). The fourth-order valence-electron chi connectivity index (χ4n) is 5.34. The molecule has 1 aliphatic carbocycles. The molecule has 2 aliphatic heterocycles. The first kappa shape index (κ1) is 15.8. The normalized spacial score (nSPS) is 29.3. The number of aromatic nitrogens is 3. The van der Waals surface area contributed by atoms with Gasteiger partial charge in [-0.3, -0.25) is 4.98 Å². The minimum absolute atomic E-state index is 0.0237. The van der Waals surface area contributed by atoms with Crippen molar-refractivity contribution >= 4 is 23.0 Å². The van der Waals surface area contributed by atoms with Crippen molar-refractivity contribution < 1.29 is 0 Å². The van der Waals surface area contributed by atoms with Gasteiger partial charge < -0.3 is 9.80 Å². The van der Waals surface area contributed by atoms with E-state index >= 15 is 0 Å². The molecule has 0 N–H and O–H groups in total. The molecule has 3 aromatic rings. The highest BCUT2D eigenvalue weighted by Crippen LogP contribution is 2.61. The monoisotopic (exact) mass is 367 g/mol. The van der Waals surface area contributed by atoms with Crippen molar-refractivity contribution in [3.63, 3.8) is 0 Å². The lowest BCUT2D eigenvalue weighted by Gasteiger charge is -2.50. The number of pyridine rings is 1. The van der Waals surface area contributed by atoms with Crippen LogP contribution in [0.1, 0.15) is 25.3 Å². The second-order valence-electron chi connectivity index (χ2n) is 8.12. The van der Waals surface area contributed by atoms with E-state index in [9.17, 15) is 0 Å². The van der Waals surface area contributed by atoms with Crippen LogP contribution in [-0.2, 0) is 0 Å². The lowest BCUT2D eigenvalue weighted by molar-refractivity contribution is 0.198. The van der Waals surface area contributed by atoms with Gasteiger partial charge in [0.15, 0.2) is 11.6 Å². The summed E-state index contributed by atoms with van der Waals surface area (Å²) in [6, 6.07) is 12.9. The van der Waals surface area contributed by atoms with E-state index in [1.54, 1.807) is 12.4 Å². The molecule has 3 aliphatic rings. The Bertz CT molecular complexity index is 1090. The summed E-state index contributed by atoms with van der Waals surface area (Å²) in [5.41, 5.74) is 3.68. The number of allylic oxidation sites excluding steroid dienone is 1. The van der Waals surface area contributed by atoms with Gasteiger partial charge in [0.05, 0.1) is 0 Å². The minimum Gasteiger partial charge on any atom is -0.301 e. The maximum atomic E-state index is 4.78. The van der Waals surface area contributed by atoms with Gasteiger partial charge in [-0.05, 0) is 35.6 Å². The SMILES string of the molecule is CC1c2ccccc2N2c3nccnc3N(c3ccncc3)C2C2(C)C=CC12. The number of hydrogen-bond donors (Lipinski definition) is 0. The van der Waals surface area contributed by atoms with Crippen molar-refractivity contribution in [3.05, 3.63) is 78.9 Å². The van der Waals surface area contributed by atoms with Gasteiger partial charge in [-0.2, -0.15) is 0 Å². The summed E-state index contributed by atoms with van der Waals surface area (Å²) in [7, 11) is 0. The predicted octanol–water partition coefficient (Wildman–Crippen LogP) is 4.80. The minimum atomic E-state index is -0.0237. The first-order valence-electron chi connectivity index (χ1n) is 9.78. The van der Waals surface area contributed by atoms with Crippen molar-refractivity contribution in [2.24, 2.45) is 11.3 Å². The van der Waals surface area contributed by atoms with Crippen LogP contribution in [0, 0.1) is 11.3 Å². The first-order chi connectivity index (χ1) is 13.7. The highest BCUT2D eigenvalue weighted by Gasteiger charge is 2.58. The molecule has 0 bridgehead atoms. The van der Waals surface area contributed by atoms with Crippen LogP contribution in [-0.4, -0.2) is 21.1 Å². The molecule has 138 valence electrons. The molecule has 5 nitrogen and oxygen atoms in total. The highest BCUT2D eigenvalue weighted by molar-refractivity contribution is 5.85. The average Bonchev–Trinajstić information content (AvgIpc) is 3.06. The third kappa shape index (κ3) is 1.84. The van der Waals surface area contributed by atoms with Gasteiger partial charge in [0.2, 0.25) is 0 Å². The molecule has 0 saturated carbocycles. The van der Waals surface area contributed by atoms with Crippen molar-refractivity contribution in [2.75, 3.05) is 9.80 Å². The predicted molar refractivity (Wildman–Crippen MR) is 110 cm³/mol. The number of anilines is 4. The molecule has 2 aromatic heterocycles. The topological polar surface area (TPSA) is 45.2 Å². The molecule has 0 saturated heterocycles. The van der Waals surface area contributed by atoms with Crippen LogP contribution in [0.15, 0.2) is 73.3 Å². The summed E-state index contributed by atoms with van der Waals surface area (Å²) in [5.74, 6) is 2.73. The standard InChI is InChI=1S/C23H21N5/c1-15-17-5-3-4-6-19(17)28-21-20(25-13-14-26-21)27(16-8-11-24-12-9-16)22(28)23(2)10-7-18(15)23/h3-15,18,22H,1-2H3. The van der Waals surface area contributed by atoms with E-state index in [1.165, 1.54) is 11.3 Å². The van der Waals surface area contributed by atoms with E-state index in [-0.39, 0.29) is 11.6 Å². The molecule has 0 spiro atoms. The van der Waals surface area contributed by atoms with E-state index in [4.69, 9.17) is 9.97 Å². The van der Waals surface area contributed by atoms with Crippen molar-refractivity contribution in [1.82, 2.24) is 15.0 Å². The zero-order valence-corrected chi connectivity index (χ0v) is 15.9. The average molecular weight is 367 g/mol. The van der Waals surface area contributed by atoms with E-state index in [2.05, 4.69) is 77.2 Å². The third-order valence-electron chi connectivity index (χ3n) is 6.71. The van der Waals surface area contributed by atoms with Crippen LogP contribution in [0.25, 0.3) is 0 Å². The van der Waals surface area contributed by atoms with Crippen LogP contribution >= 0.6 is 0 Å². The molecule has 1 aromatic carbocycles. The largest absolute Gasteiger partial charge is 0.301 e. The number of hydrogen-bond acceptors (Lipinski definition) is 5. The van der Waals surface area contributed by atoms with Crippen LogP contribution < -0.4 is 9.80 Å². The van der Waals surface area contributed by atoms with Crippen molar-refractivity contribution in [1.29, 1.82) is 0 Å². The molecule has 4 unspecified atom stereocenters. The Morgan fingerprint density at radius 2 is 1.61 bits per heavy atom. The molecular weight excluding hydrogens is 346 g/mol. The fourth-order valence-corrected chi connectivity index (χ4v) is 5.34. The van der Waals surface area contributed by atoms with Gasteiger partial charge in [0.25, 0.3) is 0 Å². The van der Waals surface area contributed by atoms with Gasteiger partial charge >= 0.3 is 0 Å². The number of benzene rings is 1. The Hall–Kier alpha value is -3.21. The quantitative estimate of drug-likeness (QED) is 0.578. The molecule has 4 atom stereocenters. The first-order valence-corrected chi connectivity index (χ1v) is 9.78. The zero-order valence-electron chi connectivity index (χ0n) is 15.9. The van der Waals surface area contributed by atoms with E-state index < -0.39 is 0 Å². The molecule has 0 amide bonds. The smallest absolute Gasteiger partial charge is 0.178 e. The number of nitrogens with zero attached hydrogens (tertiary/aromatic N) is 5. The summed E-state index contributed by atoms with van der Waals surface area (Å²) in [5, 5.41) is 0. The Balaban J connectivity index is 1.67. The molecule has 0 radical (unpaired) electrons. The fraction of sp³-hybridized carbons (Fsp3) is 0.261. The second kappa shape index (κ2) is 5.41. The second-order valence-corrected chi connectivity index (χ2v) is 8.12. The van der Waals surface area contributed by atoms with Crippen molar-refractivity contribution in [3.8, 4) is 0 Å². The molecule has 5 heteroatoms. The Morgan fingerprint density at radius 3 is 2.32 bits per heavy atom. The van der Waals surface area contributed by atoms with Crippen molar-refractivity contribution in [2.45, 2.75) is 25.9 Å². The lowest BCUT2D eigenvalue weighted by Crippen LogP contribution is -2.55. The van der Waals surface area contributed by atoms with Crippen LogP contribution in [0.2, 0.25) is 0 Å². The summed E-state index contributed by atoms with van der Waals surface area (Å²) < 4.78 is 0. The number of fused-ring (bicyclic) bond motifs is 7. The molecule has 0 fully saturated rings. The van der Waals surface area contributed by atoms with Crippen LogP contribution in [0.3, 0.4) is 0 Å². The van der Waals surface area contributed by atoms with Gasteiger partial charge in [-0.1, -0.05) is 44.2 Å². The summed E-state index contributed by atoms with van der Waals surface area (Å²) >= 11 is 0. The van der Waals surface area contributed by atoms with E-state index in [0.717, 1.165) is 17.3 Å². The van der Waals surface area contributed by atoms with E-state index in [0.29, 0.717) is 11.8 Å². The maximum absolute atomic E-state index is 4.78. The number of para-hydroxylation sites is 1. The zero-order chi connectivity index (χ0) is 18.9.